The molecule has 1 aromatic carbocycles. The molecule has 1 aromatic heterocycles. The van der Waals surface area contributed by atoms with Crippen LogP contribution in [0.2, 0.25) is 0 Å². The number of amides is 2. The number of hydrogen-bond acceptors (Lipinski definition) is 3. The third-order valence-corrected chi connectivity index (χ3v) is 4.79. The summed E-state index contributed by atoms with van der Waals surface area (Å²) in [7, 11) is 0. The lowest BCUT2D eigenvalue weighted by molar-refractivity contribution is 0.0999. The highest BCUT2D eigenvalue weighted by molar-refractivity contribution is 5.74. The molecule has 1 aliphatic rings. The van der Waals surface area contributed by atoms with Crippen LogP contribution >= 0.6 is 0 Å². The summed E-state index contributed by atoms with van der Waals surface area (Å²) in [5.41, 5.74) is 4.25. The number of nitrogens with one attached hydrogen (secondary N) is 2. The van der Waals surface area contributed by atoms with Crippen LogP contribution in [0, 0.1) is 13.8 Å². The summed E-state index contributed by atoms with van der Waals surface area (Å²) in [6, 6.07) is 9.86. The monoisotopic (exact) mass is 342 g/mol. The van der Waals surface area contributed by atoms with Gasteiger partial charge in [0.15, 0.2) is 0 Å². The van der Waals surface area contributed by atoms with E-state index in [0.29, 0.717) is 13.2 Å². The van der Waals surface area contributed by atoms with Gasteiger partial charge in [0, 0.05) is 31.0 Å². The highest BCUT2D eigenvalue weighted by Crippen LogP contribution is 2.28. The third kappa shape index (κ3) is 3.85. The fourth-order valence-corrected chi connectivity index (χ4v) is 3.39. The summed E-state index contributed by atoms with van der Waals surface area (Å²) in [6.07, 6.45) is 0.733. The zero-order valence-electron chi connectivity index (χ0n) is 15.1. The van der Waals surface area contributed by atoms with Gasteiger partial charge >= 0.3 is 6.03 Å². The van der Waals surface area contributed by atoms with Crippen molar-refractivity contribution < 1.29 is 9.53 Å². The molecule has 1 aliphatic heterocycles. The number of benzene rings is 1. The van der Waals surface area contributed by atoms with Crippen molar-refractivity contribution in [2.24, 2.45) is 0 Å². The zero-order valence-corrected chi connectivity index (χ0v) is 15.1. The molecule has 2 N–H and O–H groups in total. The number of aryl methyl sites for hydroxylation is 2. The fourth-order valence-electron chi connectivity index (χ4n) is 3.39. The Bertz CT molecular complexity index is 727. The van der Waals surface area contributed by atoms with E-state index >= 15 is 0 Å². The third-order valence-electron chi connectivity index (χ3n) is 4.79. The Morgan fingerprint density at radius 2 is 2.08 bits per heavy atom. The molecule has 2 aromatic rings. The summed E-state index contributed by atoms with van der Waals surface area (Å²) >= 11 is 0. The predicted molar refractivity (Wildman–Crippen MR) is 96.3 cm³/mol. The molecular weight excluding hydrogens is 316 g/mol. The number of nitrogens with zero attached hydrogens (tertiary/aromatic N) is 2. The number of carbonyl (C=O) groups excluding carboxylic acids is 1. The quantitative estimate of drug-likeness (QED) is 0.878. The normalized spacial score (nSPS) is 19.8. The van der Waals surface area contributed by atoms with Crippen LogP contribution in [0.3, 0.4) is 0 Å². The van der Waals surface area contributed by atoms with Gasteiger partial charge in [-0.1, -0.05) is 30.3 Å². The highest BCUT2D eigenvalue weighted by Gasteiger charge is 2.30. The molecule has 1 fully saturated rings. The maximum atomic E-state index is 12.3. The molecule has 2 atom stereocenters. The van der Waals surface area contributed by atoms with Crippen molar-refractivity contribution >= 4 is 6.03 Å². The van der Waals surface area contributed by atoms with Crippen molar-refractivity contribution in [3.63, 3.8) is 0 Å². The maximum absolute atomic E-state index is 12.3. The molecule has 0 radical (unpaired) electrons. The summed E-state index contributed by atoms with van der Waals surface area (Å²) < 4.78 is 7.77. The standard InChI is InChI=1S/C19H26N4O2/c1-4-23-14(3)16(13(2)22-23)12-20-19(24)21-17-10-11-25-18(17)15-8-6-5-7-9-15/h5-9,17-18H,4,10-12H2,1-3H3,(H2,20,21,24)/t17-,18+/m0/s1. The Hall–Kier alpha value is -2.34. The Kier molecular flexibility index (Phi) is 5.38. The molecule has 1 saturated heterocycles. The molecule has 2 amide bonds. The van der Waals surface area contributed by atoms with E-state index in [9.17, 15) is 4.79 Å². The fraction of sp³-hybridized carbons (Fsp3) is 0.474. The van der Waals surface area contributed by atoms with E-state index < -0.39 is 0 Å². The first-order valence-electron chi connectivity index (χ1n) is 8.84. The van der Waals surface area contributed by atoms with Gasteiger partial charge in [-0.3, -0.25) is 4.68 Å². The van der Waals surface area contributed by atoms with Gasteiger partial charge in [-0.2, -0.15) is 5.10 Å². The van der Waals surface area contributed by atoms with Crippen LogP contribution in [0.25, 0.3) is 0 Å². The number of rotatable bonds is 5. The molecule has 2 heterocycles. The van der Waals surface area contributed by atoms with Crippen LogP contribution < -0.4 is 10.6 Å². The van der Waals surface area contributed by atoms with Crippen molar-refractivity contribution in [1.82, 2.24) is 20.4 Å². The number of aromatic nitrogens is 2. The first-order valence-corrected chi connectivity index (χ1v) is 8.84. The smallest absolute Gasteiger partial charge is 0.315 e. The van der Waals surface area contributed by atoms with Crippen molar-refractivity contribution in [3.05, 3.63) is 52.8 Å². The van der Waals surface area contributed by atoms with Gasteiger partial charge in [-0.15, -0.1) is 0 Å². The van der Waals surface area contributed by atoms with Crippen LogP contribution in [0.1, 0.15) is 42.0 Å². The van der Waals surface area contributed by atoms with E-state index in [1.165, 1.54) is 0 Å². The molecule has 3 rings (SSSR count). The van der Waals surface area contributed by atoms with Crippen molar-refractivity contribution in [2.75, 3.05) is 6.61 Å². The van der Waals surface area contributed by atoms with E-state index in [1.807, 2.05) is 48.9 Å². The Labute approximate surface area is 148 Å². The first-order chi connectivity index (χ1) is 12.1. The van der Waals surface area contributed by atoms with Crippen LogP contribution in [-0.2, 0) is 17.8 Å². The number of carbonyl (C=O) groups is 1. The van der Waals surface area contributed by atoms with Crippen molar-refractivity contribution in [3.8, 4) is 0 Å². The minimum absolute atomic E-state index is 0.0111. The molecule has 134 valence electrons. The van der Waals surface area contributed by atoms with E-state index in [4.69, 9.17) is 4.74 Å². The second-order valence-electron chi connectivity index (χ2n) is 6.39. The second kappa shape index (κ2) is 7.70. The van der Waals surface area contributed by atoms with E-state index in [0.717, 1.165) is 35.5 Å². The van der Waals surface area contributed by atoms with Gasteiger partial charge in [-0.25, -0.2) is 4.79 Å². The Morgan fingerprint density at radius 1 is 1.32 bits per heavy atom. The van der Waals surface area contributed by atoms with E-state index in [2.05, 4.69) is 22.7 Å². The number of hydrogen-bond donors (Lipinski definition) is 2. The zero-order chi connectivity index (χ0) is 17.8. The van der Waals surface area contributed by atoms with Gasteiger partial charge in [0.25, 0.3) is 0 Å². The molecule has 25 heavy (non-hydrogen) atoms. The Morgan fingerprint density at radius 3 is 2.76 bits per heavy atom. The molecule has 0 aliphatic carbocycles. The summed E-state index contributed by atoms with van der Waals surface area (Å²) in [6.45, 7) is 8.04. The summed E-state index contributed by atoms with van der Waals surface area (Å²) in [5, 5.41) is 10.5. The highest BCUT2D eigenvalue weighted by atomic mass is 16.5. The van der Waals surface area contributed by atoms with Gasteiger partial charge in [0.05, 0.1) is 11.7 Å². The average molecular weight is 342 g/mol. The van der Waals surface area contributed by atoms with Crippen molar-refractivity contribution in [1.29, 1.82) is 0 Å². The van der Waals surface area contributed by atoms with Gasteiger partial charge in [-0.05, 0) is 32.8 Å². The predicted octanol–water partition coefficient (Wildman–Crippen LogP) is 2.85. The molecule has 0 spiro atoms. The summed E-state index contributed by atoms with van der Waals surface area (Å²) in [4.78, 5) is 12.3. The van der Waals surface area contributed by atoms with Crippen LogP contribution in [0.5, 0.6) is 0 Å². The molecular formula is C19H26N4O2. The van der Waals surface area contributed by atoms with Gasteiger partial charge in [0.1, 0.15) is 6.10 Å². The molecule has 0 unspecified atom stereocenters. The van der Waals surface area contributed by atoms with Gasteiger partial charge < -0.3 is 15.4 Å². The van der Waals surface area contributed by atoms with Gasteiger partial charge in [0.2, 0.25) is 0 Å². The lowest BCUT2D eigenvalue weighted by atomic mass is 10.0. The second-order valence-corrected chi connectivity index (χ2v) is 6.39. The number of urea groups is 1. The largest absolute Gasteiger partial charge is 0.371 e. The molecule has 6 heteroatoms. The number of ether oxygens (including phenoxy) is 1. The lowest BCUT2D eigenvalue weighted by Gasteiger charge is -2.20. The SMILES string of the molecule is CCn1nc(C)c(CNC(=O)N[C@H]2CCO[C@@H]2c2ccccc2)c1C. The minimum atomic E-state index is -0.167. The maximum Gasteiger partial charge on any atom is 0.315 e. The van der Waals surface area contributed by atoms with E-state index in [1.54, 1.807) is 0 Å². The minimum Gasteiger partial charge on any atom is -0.371 e. The van der Waals surface area contributed by atoms with E-state index in [-0.39, 0.29) is 18.2 Å². The van der Waals surface area contributed by atoms with Crippen LogP contribution in [0.4, 0.5) is 4.79 Å². The summed E-state index contributed by atoms with van der Waals surface area (Å²) in [5.74, 6) is 0. The average Bonchev–Trinajstić information content (AvgIpc) is 3.18. The van der Waals surface area contributed by atoms with Crippen LogP contribution in [-0.4, -0.2) is 28.5 Å². The van der Waals surface area contributed by atoms with Crippen LogP contribution in [0.15, 0.2) is 30.3 Å². The lowest BCUT2D eigenvalue weighted by Crippen LogP contribution is -2.43. The first kappa shape index (κ1) is 17.5. The Balaban J connectivity index is 1.58. The molecule has 0 bridgehead atoms. The van der Waals surface area contributed by atoms with Crippen molar-refractivity contribution in [2.45, 2.75) is 52.4 Å². The topological polar surface area (TPSA) is 68.2 Å². The molecule has 6 nitrogen and oxygen atoms in total. The molecule has 0 saturated carbocycles.